The maximum Gasteiger partial charge on any atom is 0.0515 e. The highest BCUT2D eigenvalue weighted by molar-refractivity contribution is 6.38. The van der Waals surface area contributed by atoms with Gasteiger partial charge in [-0.3, -0.25) is 4.98 Å². The highest BCUT2D eigenvalue weighted by Gasteiger charge is 2.07. The Kier molecular flexibility index (Phi) is 3.15. The van der Waals surface area contributed by atoms with Crippen molar-refractivity contribution in [1.29, 1.82) is 0 Å². The van der Waals surface area contributed by atoms with Crippen molar-refractivity contribution < 1.29 is 0 Å². The van der Waals surface area contributed by atoms with E-state index < -0.39 is 0 Å². The van der Waals surface area contributed by atoms with E-state index in [0.717, 1.165) is 11.1 Å². The van der Waals surface area contributed by atoms with Gasteiger partial charge in [-0.05, 0) is 18.2 Å². The Balaban J connectivity index is 2.60. The minimum Gasteiger partial charge on any atom is -0.264 e. The molecule has 0 aliphatic heterocycles. The summed E-state index contributed by atoms with van der Waals surface area (Å²) in [4.78, 5) is 4.01. The van der Waals surface area contributed by atoms with E-state index in [-0.39, 0.29) is 0 Å². The van der Waals surface area contributed by atoms with Gasteiger partial charge in [0.05, 0.1) is 5.02 Å². The minimum absolute atomic E-state index is 0.567. The number of pyridine rings is 1. The van der Waals surface area contributed by atoms with Crippen molar-refractivity contribution in [1.82, 2.24) is 4.98 Å². The Morgan fingerprint density at radius 1 is 0.867 bits per heavy atom. The predicted molar refractivity (Wildman–Crippen MR) is 64.7 cm³/mol. The zero-order chi connectivity index (χ0) is 10.8. The Labute approximate surface area is 103 Å². The van der Waals surface area contributed by atoms with Crippen LogP contribution < -0.4 is 0 Å². The van der Waals surface area contributed by atoms with Crippen LogP contribution in [0.4, 0.5) is 0 Å². The molecule has 0 saturated carbocycles. The van der Waals surface area contributed by atoms with Gasteiger partial charge in [0, 0.05) is 33.6 Å². The molecule has 1 heterocycles. The average molecular weight is 259 g/mol. The molecule has 1 aromatic carbocycles. The van der Waals surface area contributed by atoms with Crippen LogP contribution in [-0.4, -0.2) is 4.98 Å². The lowest BCUT2D eigenvalue weighted by molar-refractivity contribution is 1.33. The van der Waals surface area contributed by atoms with Gasteiger partial charge in [-0.1, -0.05) is 40.9 Å². The molecule has 2 rings (SSSR count). The maximum atomic E-state index is 6.07. The van der Waals surface area contributed by atoms with Crippen molar-refractivity contribution in [3.63, 3.8) is 0 Å². The minimum atomic E-state index is 0.567. The first-order valence-corrected chi connectivity index (χ1v) is 5.37. The summed E-state index contributed by atoms with van der Waals surface area (Å²) in [6, 6.07) is 7.00. The molecule has 0 unspecified atom stereocenters. The van der Waals surface area contributed by atoms with Crippen LogP contribution in [0, 0.1) is 0 Å². The van der Waals surface area contributed by atoms with Crippen LogP contribution in [0.15, 0.2) is 36.7 Å². The monoisotopic (exact) mass is 257 g/mol. The summed E-state index contributed by atoms with van der Waals surface area (Å²) in [6.45, 7) is 0. The predicted octanol–water partition coefficient (Wildman–Crippen LogP) is 4.71. The number of nitrogens with zero attached hydrogens (tertiary/aromatic N) is 1. The van der Waals surface area contributed by atoms with Crippen molar-refractivity contribution in [3.8, 4) is 11.1 Å². The number of aromatic nitrogens is 1. The van der Waals surface area contributed by atoms with Crippen molar-refractivity contribution in [2.24, 2.45) is 0 Å². The molecule has 0 amide bonds. The number of hydrogen-bond acceptors (Lipinski definition) is 1. The van der Waals surface area contributed by atoms with Crippen LogP contribution in [0.3, 0.4) is 0 Å². The van der Waals surface area contributed by atoms with Gasteiger partial charge in [0.1, 0.15) is 0 Å². The maximum absolute atomic E-state index is 6.07. The third-order valence-electron chi connectivity index (χ3n) is 1.99. The van der Waals surface area contributed by atoms with E-state index in [4.69, 9.17) is 34.8 Å². The first-order valence-electron chi connectivity index (χ1n) is 4.23. The molecule has 4 heteroatoms. The van der Waals surface area contributed by atoms with Gasteiger partial charge in [-0.2, -0.15) is 0 Å². The van der Waals surface area contributed by atoms with E-state index >= 15 is 0 Å². The molecule has 76 valence electrons. The normalized spacial score (nSPS) is 10.3. The van der Waals surface area contributed by atoms with Gasteiger partial charge < -0.3 is 0 Å². The van der Waals surface area contributed by atoms with Crippen LogP contribution in [0.2, 0.25) is 15.1 Å². The molecule has 0 saturated heterocycles. The second-order valence-corrected chi connectivity index (χ2v) is 4.23. The lowest BCUT2D eigenvalue weighted by atomic mass is 10.1. The van der Waals surface area contributed by atoms with E-state index in [1.54, 1.807) is 30.6 Å². The Hall–Kier alpha value is -0.760. The SMILES string of the molecule is Clc1ccc(-c2cnccc2Cl)c(Cl)c1. The Morgan fingerprint density at radius 2 is 1.67 bits per heavy atom. The van der Waals surface area contributed by atoms with E-state index in [1.807, 2.05) is 6.07 Å². The summed E-state index contributed by atoms with van der Waals surface area (Å²) in [5.41, 5.74) is 1.64. The summed E-state index contributed by atoms with van der Waals surface area (Å²) < 4.78 is 0. The van der Waals surface area contributed by atoms with Crippen LogP contribution >= 0.6 is 34.8 Å². The molecule has 15 heavy (non-hydrogen) atoms. The first kappa shape index (κ1) is 10.7. The molecule has 0 radical (unpaired) electrons. The molecule has 0 N–H and O–H groups in total. The van der Waals surface area contributed by atoms with Crippen molar-refractivity contribution in [3.05, 3.63) is 51.7 Å². The highest BCUT2D eigenvalue weighted by atomic mass is 35.5. The lowest BCUT2D eigenvalue weighted by Crippen LogP contribution is -1.82. The molecular weight excluding hydrogens is 252 g/mol. The van der Waals surface area contributed by atoms with Gasteiger partial charge >= 0.3 is 0 Å². The van der Waals surface area contributed by atoms with Gasteiger partial charge in [0.15, 0.2) is 0 Å². The van der Waals surface area contributed by atoms with Crippen LogP contribution in [0.5, 0.6) is 0 Å². The van der Waals surface area contributed by atoms with Gasteiger partial charge in [0.25, 0.3) is 0 Å². The molecule has 0 spiro atoms. The summed E-state index contributed by atoms with van der Waals surface area (Å²) >= 11 is 17.9. The number of rotatable bonds is 1. The van der Waals surface area contributed by atoms with E-state index in [0.29, 0.717) is 15.1 Å². The largest absolute Gasteiger partial charge is 0.264 e. The molecular formula is C11H6Cl3N. The second-order valence-electron chi connectivity index (χ2n) is 2.98. The van der Waals surface area contributed by atoms with Crippen LogP contribution in [0.25, 0.3) is 11.1 Å². The van der Waals surface area contributed by atoms with Gasteiger partial charge in [0.2, 0.25) is 0 Å². The zero-order valence-corrected chi connectivity index (χ0v) is 9.81. The second kappa shape index (κ2) is 4.40. The van der Waals surface area contributed by atoms with E-state index in [9.17, 15) is 0 Å². The molecule has 0 bridgehead atoms. The zero-order valence-electron chi connectivity index (χ0n) is 7.55. The molecule has 0 aliphatic carbocycles. The van der Waals surface area contributed by atoms with Crippen LogP contribution in [0.1, 0.15) is 0 Å². The lowest BCUT2D eigenvalue weighted by Gasteiger charge is -2.05. The highest BCUT2D eigenvalue weighted by Crippen LogP contribution is 2.33. The third-order valence-corrected chi connectivity index (χ3v) is 2.87. The Bertz CT molecular complexity index is 497. The average Bonchev–Trinajstić information content (AvgIpc) is 2.20. The fraction of sp³-hybridized carbons (Fsp3) is 0. The summed E-state index contributed by atoms with van der Waals surface area (Å²) in [5, 5.41) is 1.79. The van der Waals surface area contributed by atoms with Crippen molar-refractivity contribution >= 4 is 34.8 Å². The topological polar surface area (TPSA) is 12.9 Å². The molecule has 2 aromatic rings. The smallest absolute Gasteiger partial charge is 0.0515 e. The number of halogens is 3. The quantitative estimate of drug-likeness (QED) is 0.722. The molecule has 1 aromatic heterocycles. The molecule has 0 atom stereocenters. The van der Waals surface area contributed by atoms with Gasteiger partial charge in [-0.25, -0.2) is 0 Å². The Morgan fingerprint density at radius 3 is 2.33 bits per heavy atom. The first-order chi connectivity index (χ1) is 7.18. The van der Waals surface area contributed by atoms with Gasteiger partial charge in [-0.15, -0.1) is 0 Å². The molecule has 0 fully saturated rings. The third kappa shape index (κ3) is 2.25. The molecule has 1 nitrogen and oxygen atoms in total. The molecule has 0 aliphatic rings. The summed E-state index contributed by atoms with van der Waals surface area (Å²) in [6.07, 6.45) is 3.31. The van der Waals surface area contributed by atoms with E-state index in [2.05, 4.69) is 4.98 Å². The van der Waals surface area contributed by atoms with E-state index in [1.165, 1.54) is 0 Å². The fourth-order valence-electron chi connectivity index (χ4n) is 1.28. The summed E-state index contributed by atoms with van der Waals surface area (Å²) in [5.74, 6) is 0. The van der Waals surface area contributed by atoms with Crippen LogP contribution in [-0.2, 0) is 0 Å². The standard InChI is InChI=1S/C11H6Cl3N/c12-7-1-2-8(11(14)5-7)9-6-15-4-3-10(9)13/h1-6H. The van der Waals surface area contributed by atoms with Crippen molar-refractivity contribution in [2.75, 3.05) is 0 Å². The summed E-state index contributed by atoms with van der Waals surface area (Å²) in [7, 11) is 0. The van der Waals surface area contributed by atoms with Crippen molar-refractivity contribution in [2.45, 2.75) is 0 Å². The number of benzene rings is 1. The fourth-order valence-corrected chi connectivity index (χ4v) is 2.00. The number of hydrogen-bond donors (Lipinski definition) is 0.